The van der Waals surface area contributed by atoms with Gasteiger partial charge in [-0.25, -0.2) is 15.8 Å². The van der Waals surface area contributed by atoms with E-state index in [2.05, 4.69) is 15.3 Å². The largest absolute Gasteiger partial charge is 0.345 e. The van der Waals surface area contributed by atoms with E-state index in [4.69, 9.17) is 5.84 Å². The van der Waals surface area contributed by atoms with Gasteiger partial charge in [-0.15, -0.1) is 0 Å². The van der Waals surface area contributed by atoms with Gasteiger partial charge in [0.2, 0.25) is 5.91 Å². The Balaban J connectivity index is 1.40. The van der Waals surface area contributed by atoms with E-state index < -0.39 is 16.9 Å². The lowest BCUT2D eigenvalue weighted by atomic mass is 9.46. The predicted molar refractivity (Wildman–Crippen MR) is 116 cm³/mol. The summed E-state index contributed by atoms with van der Waals surface area (Å²) in [7, 11) is 0. The van der Waals surface area contributed by atoms with Crippen molar-refractivity contribution in [3.63, 3.8) is 0 Å². The Morgan fingerprint density at radius 1 is 1.03 bits per heavy atom. The molecule has 6 rings (SSSR count). The highest BCUT2D eigenvalue weighted by atomic mass is 16.2. The van der Waals surface area contributed by atoms with Gasteiger partial charge in [0.15, 0.2) is 0 Å². The second kappa shape index (κ2) is 7.48. The van der Waals surface area contributed by atoms with Crippen molar-refractivity contribution in [1.82, 2.24) is 20.3 Å². The minimum absolute atomic E-state index is 0.140. The van der Waals surface area contributed by atoms with E-state index in [0.717, 1.165) is 30.0 Å². The number of pyridine rings is 2. The van der Waals surface area contributed by atoms with E-state index in [1.807, 2.05) is 19.1 Å². The molecule has 2 atom stereocenters. The number of hydrogen-bond donors (Lipinski definition) is 2. The van der Waals surface area contributed by atoms with Crippen LogP contribution in [0, 0.1) is 24.2 Å². The van der Waals surface area contributed by atoms with Gasteiger partial charge in [-0.05, 0) is 81.5 Å². The summed E-state index contributed by atoms with van der Waals surface area (Å²) in [5.74, 6) is 5.53. The van der Waals surface area contributed by atoms with Crippen molar-refractivity contribution in [2.24, 2.45) is 23.1 Å². The molecule has 4 aliphatic rings. The summed E-state index contributed by atoms with van der Waals surface area (Å²) in [6.07, 6.45) is 6.13. The molecule has 4 bridgehead atoms. The normalized spacial score (nSPS) is 30.1. The van der Waals surface area contributed by atoms with E-state index >= 15 is 0 Å². The van der Waals surface area contributed by atoms with Crippen molar-refractivity contribution in [3.05, 3.63) is 59.7 Å². The highest BCUT2D eigenvalue weighted by molar-refractivity contribution is 6.04. The molecule has 4 fully saturated rings. The summed E-state index contributed by atoms with van der Waals surface area (Å²) in [6, 6.07) is 10.3. The summed E-state index contributed by atoms with van der Waals surface area (Å²) in [5.41, 5.74) is 0.0865. The van der Waals surface area contributed by atoms with Crippen molar-refractivity contribution in [1.29, 1.82) is 0 Å². The van der Waals surface area contributed by atoms with Crippen LogP contribution < -0.4 is 11.2 Å². The second-order valence-corrected chi connectivity index (χ2v) is 9.84. The number of amides is 3. The van der Waals surface area contributed by atoms with Crippen molar-refractivity contribution >= 4 is 17.7 Å². The van der Waals surface area contributed by atoms with Crippen molar-refractivity contribution in [2.45, 2.75) is 51.0 Å². The number of carbonyl (C=O) groups is 3. The van der Waals surface area contributed by atoms with E-state index in [-0.39, 0.29) is 17.5 Å². The molecule has 2 aromatic heterocycles. The topological polar surface area (TPSA) is 118 Å². The summed E-state index contributed by atoms with van der Waals surface area (Å²) in [6.45, 7) is 1.85. The fourth-order valence-corrected chi connectivity index (χ4v) is 6.59. The van der Waals surface area contributed by atoms with Gasteiger partial charge in [-0.1, -0.05) is 12.1 Å². The molecule has 0 aliphatic heterocycles. The fraction of sp³-hybridized carbons (Fsp3) is 0.458. The predicted octanol–water partition coefficient (Wildman–Crippen LogP) is 2.40. The van der Waals surface area contributed by atoms with Crippen LogP contribution in [0.2, 0.25) is 0 Å². The summed E-state index contributed by atoms with van der Waals surface area (Å²) < 4.78 is 0. The number of rotatable bonds is 4. The minimum atomic E-state index is -0.739. The smallest absolute Gasteiger partial charge is 0.293 e. The zero-order valence-electron chi connectivity index (χ0n) is 18.1. The molecule has 8 nitrogen and oxygen atoms in total. The third-order valence-corrected chi connectivity index (χ3v) is 7.34. The number of imide groups is 1. The lowest BCUT2D eigenvalue weighted by Crippen LogP contribution is -2.67. The highest BCUT2D eigenvalue weighted by Gasteiger charge is 2.62. The number of nitrogens with two attached hydrogens (primary N) is 1. The van der Waals surface area contributed by atoms with Crippen LogP contribution in [0.1, 0.15) is 65.2 Å². The third-order valence-electron chi connectivity index (χ3n) is 7.34. The van der Waals surface area contributed by atoms with Gasteiger partial charge in [0, 0.05) is 17.4 Å². The van der Waals surface area contributed by atoms with Crippen LogP contribution in [0.3, 0.4) is 0 Å². The number of carbonyl (C=O) groups excluding carboxylic acids is 3. The molecule has 2 heterocycles. The van der Waals surface area contributed by atoms with Crippen molar-refractivity contribution in [3.8, 4) is 0 Å². The molecule has 0 radical (unpaired) electrons. The molecule has 3 N–H and O–H groups in total. The number of aromatic nitrogens is 2. The zero-order valence-corrected chi connectivity index (χ0v) is 18.1. The molecule has 0 spiro atoms. The maximum Gasteiger partial charge on any atom is 0.293 e. The van der Waals surface area contributed by atoms with Gasteiger partial charge in [-0.2, -0.15) is 0 Å². The first-order valence-corrected chi connectivity index (χ1v) is 11.1. The van der Waals surface area contributed by atoms with E-state index in [0.29, 0.717) is 36.8 Å². The Labute approximate surface area is 186 Å². The molecular formula is C24H27N5O3. The molecule has 32 heavy (non-hydrogen) atoms. The number of nitrogens with zero attached hydrogens (tertiary/aromatic N) is 3. The SMILES string of the molecule is Cc1cccc(C(=O)NC23CC4CC(C2)CC(C(=O)N(N)C(=O)c2ccccn2)(C4)C3)n1. The molecule has 4 saturated carbocycles. The van der Waals surface area contributed by atoms with E-state index in [1.165, 1.54) is 6.20 Å². The Morgan fingerprint density at radius 2 is 1.75 bits per heavy atom. The van der Waals surface area contributed by atoms with Crippen LogP contribution in [0.25, 0.3) is 0 Å². The Hall–Kier alpha value is -3.13. The maximum absolute atomic E-state index is 13.6. The summed E-state index contributed by atoms with van der Waals surface area (Å²) in [4.78, 5) is 47.8. The molecule has 166 valence electrons. The van der Waals surface area contributed by atoms with Crippen LogP contribution in [-0.4, -0.2) is 38.2 Å². The summed E-state index contributed by atoms with van der Waals surface area (Å²) in [5, 5.41) is 3.98. The van der Waals surface area contributed by atoms with Crippen LogP contribution in [0.15, 0.2) is 42.6 Å². The fourth-order valence-electron chi connectivity index (χ4n) is 6.59. The van der Waals surface area contributed by atoms with Gasteiger partial charge < -0.3 is 5.32 Å². The number of nitrogens with one attached hydrogen (secondary N) is 1. The monoisotopic (exact) mass is 433 g/mol. The molecule has 2 aromatic rings. The first-order valence-electron chi connectivity index (χ1n) is 11.1. The highest BCUT2D eigenvalue weighted by Crippen LogP contribution is 2.62. The van der Waals surface area contributed by atoms with Crippen molar-refractivity contribution < 1.29 is 14.4 Å². The number of aryl methyl sites for hydroxylation is 1. The van der Waals surface area contributed by atoms with Gasteiger partial charge in [0.05, 0.1) is 5.41 Å². The summed E-state index contributed by atoms with van der Waals surface area (Å²) >= 11 is 0. The molecular weight excluding hydrogens is 406 g/mol. The van der Waals surface area contributed by atoms with Crippen LogP contribution >= 0.6 is 0 Å². The zero-order chi connectivity index (χ0) is 22.5. The molecule has 3 amide bonds. The second-order valence-electron chi connectivity index (χ2n) is 9.84. The molecule has 8 heteroatoms. The Morgan fingerprint density at radius 3 is 2.41 bits per heavy atom. The molecule has 4 aliphatic carbocycles. The molecule has 0 saturated heterocycles. The Kier molecular flexibility index (Phi) is 4.85. The third kappa shape index (κ3) is 3.48. The number of hydrazine groups is 1. The van der Waals surface area contributed by atoms with E-state index in [9.17, 15) is 14.4 Å². The lowest BCUT2D eigenvalue weighted by Gasteiger charge is -2.61. The average molecular weight is 434 g/mol. The quantitative estimate of drug-likeness (QED) is 0.331. The Bertz CT molecular complexity index is 1070. The molecule has 2 unspecified atom stereocenters. The van der Waals surface area contributed by atoms with E-state index in [1.54, 1.807) is 24.3 Å². The van der Waals surface area contributed by atoms with Crippen LogP contribution in [0.4, 0.5) is 0 Å². The first-order chi connectivity index (χ1) is 15.3. The molecule has 0 aromatic carbocycles. The standard InChI is InChI=1S/C24H27N5O3/c1-15-5-4-7-18(27-15)20(30)28-24-12-16-9-17(13-24)11-23(10-16,14-24)22(32)29(25)21(31)19-6-2-3-8-26-19/h2-8,16-17H,9-14,25H2,1H3,(H,28,30). The lowest BCUT2D eigenvalue weighted by molar-refractivity contribution is -0.158. The van der Waals surface area contributed by atoms with Crippen LogP contribution in [0.5, 0.6) is 0 Å². The van der Waals surface area contributed by atoms with Crippen molar-refractivity contribution in [2.75, 3.05) is 0 Å². The van der Waals surface area contributed by atoms with Gasteiger partial charge in [0.1, 0.15) is 11.4 Å². The minimum Gasteiger partial charge on any atom is -0.345 e. The average Bonchev–Trinajstić information content (AvgIpc) is 2.77. The maximum atomic E-state index is 13.6. The van der Waals surface area contributed by atoms with Crippen LogP contribution in [-0.2, 0) is 4.79 Å². The number of hydrogen-bond acceptors (Lipinski definition) is 6. The first kappa shape index (κ1) is 20.8. The van der Waals surface area contributed by atoms with Gasteiger partial charge in [0.25, 0.3) is 11.8 Å². The van der Waals surface area contributed by atoms with Gasteiger partial charge >= 0.3 is 0 Å². The van der Waals surface area contributed by atoms with Gasteiger partial charge in [-0.3, -0.25) is 19.4 Å².